The van der Waals surface area contributed by atoms with Gasteiger partial charge < -0.3 is 15.0 Å². The lowest BCUT2D eigenvalue weighted by Gasteiger charge is -2.09. The smallest absolute Gasteiger partial charge is 0.352 e. The number of halogens is 1. The zero-order valence-corrected chi connectivity index (χ0v) is 18.4. The van der Waals surface area contributed by atoms with Crippen LogP contribution in [0, 0.1) is 0 Å². The topological polar surface area (TPSA) is 71.3 Å². The van der Waals surface area contributed by atoms with Crippen LogP contribution in [0.4, 0.5) is 5.69 Å². The number of hydrogen-bond donors (Lipinski definition) is 2. The summed E-state index contributed by atoms with van der Waals surface area (Å²) in [5.41, 5.74) is 6.60. The van der Waals surface area contributed by atoms with Crippen LogP contribution in [0.1, 0.15) is 21.6 Å². The van der Waals surface area contributed by atoms with Crippen LogP contribution in [0.15, 0.2) is 79.0 Å². The third kappa shape index (κ3) is 3.83. The second-order valence-electron chi connectivity index (χ2n) is 7.91. The van der Waals surface area contributed by atoms with Crippen molar-refractivity contribution < 1.29 is 14.7 Å². The van der Waals surface area contributed by atoms with Crippen LogP contribution in [0.25, 0.3) is 33.9 Å². The second-order valence-corrected chi connectivity index (χ2v) is 8.32. The number of benzene rings is 3. The summed E-state index contributed by atoms with van der Waals surface area (Å²) in [6.45, 7) is 0. The van der Waals surface area contributed by atoms with Crippen LogP contribution < -0.4 is 5.32 Å². The Morgan fingerprint density at radius 3 is 2.27 bits per heavy atom. The molecule has 33 heavy (non-hydrogen) atoms. The maximum absolute atomic E-state index is 12.7. The molecule has 0 saturated carbocycles. The van der Waals surface area contributed by atoms with Gasteiger partial charge in [-0.3, -0.25) is 4.79 Å². The number of aromatic nitrogens is 1. The molecule has 162 valence electrons. The zero-order chi connectivity index (χ0) is 23.1. The molecule has 0 bridgehead atoms. The van der Waals surface area contributed by atoms with E-state index >= 15 is 0 Å². The maximum atomic E-state index is 12.7. The highest BCUT2D eigenvalue weighted by molar-refractivity contribution is 6.38. The van der Waals surface area contributed by atoms with E-state index in [0.717, 1.165) is 27.8 Å². The predicted molar refractivity (Wildman–Crippen MR) is 131 cm³/mol. The Hall–Kier alpha value is -4.09. The molecule has 1 aliphatic rings. The van der Waals surface area contributed by atoms with Crippen LogP contribution in [0.3, 0.4) is 0 Å². The lowest BCUT2D eigenvalue weighted by atomic mass is 9.96. The summed E-state index contributed by atoms with van der Waals surface area (Å²) in [5.74, 6) is -1.27. The Labute approximate surface area is 195 Å². The van der Waals surface area contributed by atoms with Crippen molar-refractivity contribution in [2.24, 2.45) is 7.05 Å². The van der Waals surface area contributed by atoms with Gasteiger partial charge in [0, 0.05) is 29.9 Å². The summed E-state index contributed by atoms with van der Waals surface area (Å²) in [6.07, 6.45) is 3.38. The van der Waals surface area contributed by atoms with Crippen LogP contribution in [0.2, 0.25) is 5.02 Å². The number of carboxylic acids is 1. The number of fused-ring (bicyclic) bond motifs is 1. The van der Waals surface area contributed by atoms with Crippen molar-refractivity contribution in [2.45, 2.75) is 0 Å². The Kier molecular flexibility index (Phi) is 5.11. The van der Waals surface area contributed by atoms with Gasteiger partial charge in [-0.1, -0.05) is 66.2 Å². The van der Waals surface area contributed by atoms with Crippen molar-refractivity contribution >= 4 is 40.8 Å². The average molecular weight is 455 g/mol. The minimum Gasteiger partial charge on any atom is -0.477 e. The molecule has 2 N–H and O–H groups in total. The van der Waals surface area contributed by atoms with Crippen molar-refractivity contribution in [3.63, 3.8) is 0 Å². The fraction of sp³-hybridized carbons (Fsp3) is 0.0370. The molecule has 0 spiro atoms. The Balaban J connectivity index is 1.54. The number of rotatable bonds is 4. The summed E-state index contributed by atoms with van der Waals surface area (Å²) in [5, 5.41) is 12.7. The monoisotopic (exact) mass is 454 g/mol. The van der Waals surface area contributed by atoms with Gasteiger partial charge in [-0.05, 0) is 46.5 Å². The van der Waals surface area contributed by atoms with Gasteiger partial charge in [0.15, 0.2) is 0 Å². The summed E-state index contributed by atoms with van der Waals surface area (Å²) < 4.78 is 1.52. The number of aryl methyl sites for hydroxylation is 1. The average Bonchev–Trinajstić information content (AvgIpc) is 3.33. The molecule has 5 nitrogen and oxygen atoms in total. The fourth-order valence-electron chi connectivity index (χ4n) is 4.10. The molecule has 0 saturated heterocycles. The molecular formula is C27H19ClN2O3. The highest BCUT2D eigenvalue weighted by atomic mass is 35.5. The van der Waals surface area contributed by atoms with Gasteiger partial charge in [-0.2, -0.15) is 0 Å². The van der Waals surface area contributed by atoms with Gasteiger partial charge >= 0.3 is 5.97 Å². The molecular weight excluding hydrogens is 436 g/mol. The molecule has 1 aromatic heterocycles. The fourth-order valence-corrected chi connectivity index (χ4v) is 4.37. The number of amides is 1. The lowest BCUT2D eigenvalue weighted by molar-refractivity contribution is -0.110. The highest BCUT2D eigenvalue weighted by Crippen LogP contribution is 2.40. The van der Waals surface area contributed by atoms with Crippen LogP contribution in [-0.4, -0.2) is 21.6 Å². The van der Waals surface area contributed by atoms with E-state index in [1.54, 1.807) is 31.5 Å². The SMILES string of the molecule is Cn1cc(C=C2C(=O)Nc3cc(Cl)c(-c4ccc(-c5ccccc5)cc4)cc32)cc1C(=O)O. The minimum atomic E-state index is -1.02. The summed E-state index contributed by atoms with van der Waals surface area (Å²) in [6, 6.07) is 23.4. The molecule has 2 heterocycles. The van der Waals surface area contributed by atoms with Crippen molar-refractivity contribution in [1.29, 1.82) is 0 Å². The number of nitrogens with zero attached hydrogens (tertiary/aromatic N) is 1. The molecule has 3 aromatic carbocycles. The van der Waals surface area contributed by atoms with Crippen molar-refractivity contribution in [3.8, 4) is 22.3 Å². The first-order valence-electron chi connectivity index (χ1n) is 10.3. The molecule has 1 aliphatic heterocycles. The highest BCUT2D eigenvalue weighted by Gasteiger charge is 2.26. The quantitative estimate of drug-likeness (QED) is 0.360. The molecule has 1 amide bonds. The Bertz CT molecular complexity index is 1430. The number of carbonyl (C=O) groups is 2. The van der Waals surface area contributed by atoms with Crippen molar-refractivity contribution in [2.75, 3.05) is 5.32 Å². The normalized spacial score (nSPS) is 13.8. The van der Waals surface area contributed by atoms with E-state index < -0.39 is 5.97 Å². The molecule has 5 rings (SSSR count). The van der Waals surface area contributed by atoms with E-state index in [1.807, 2.05) is 48.5 Å². The van der Waals surface area contributed by atoms with E-state index in [4.69, 9.17) is 11.6 Å². The molecule has 0 atom stereocenters. The standard InChI is InChI=1S/C27H19ClN2O3/c1-30-15-16(12-25(30)27(32)33)11-22-21-13-20(23(28)14-24(21)29-26(22)31)19-9-7-18(8-10-19)17-5-3-2-4-6-17/h2-15H,1H3,(H,29,31)(H,32,33). The zero-order valence-electron chi connectivity index (χ0n) is 17.7. The summed E-state index contributed by atoms with van der Waals surface area (Å²) in [7, 11) is 1.66. The van der Waals surface area contributed by atoms with Gasteiger partial charge in [-0.25, -0.2) is 4.79 Å². The Morgan fingerprint density at radius 1 is 0.939 bits per heavy atom. The van der Waals surface area contributed by atoms with E-state index in [2.05, 4.69) is 17.4 Å². The molecule has 0 radical (unpaired) electrons. The van der Waals surface area contributed by atoms with Gasteiger partial charge in [0.1, 0.15) is 5.69 Å². The Morgan fingerprint density at radius 2 is 1.61 bits per heavy atom. The summed E-state index contributed by atoms with van der Waals surface area (Å²) in [4.78, 5) is 24.0. The molecule has 6 heteroatoms. The van der Waals surface area contributed by atoms with Crippen molar-refractivity contribution in [3.05, 3.63) is 101 Å². The van der Waals surface area contributed by atoms with Crippen LogP contribution in [0.5, 0.6) is 0 Å². The van der Waals surface area contributed by atoms with Gasteiger partial charge in [0.05, 0.1) is 10.7 Å². The first-order valence-corrected chi connectivity index (χ1v) is 10.7. The van der Waals surface area contributed by atoms with Crippen LogP contribution in [-0.2, 0) is 11.8 Å². The largest absolute Gasteiger partial charge is 0.477 e. The third-order valence-corrected chi connectivity index (χ3v) is 6.06. The number of hydrogen-bond acceptors (Lipinski definition) is 2. The molecule has 0 fully saturated rings. The first kappa shape index (κ1) is 20.8. The van der Waals surface area contributed by atoms with Crippen molar-refractivity contribution in [1.82, 2.24) is 4.57 Å². The van der Waals surface area contributed by atoms with E-state index in [-0.39, 0.29) is 11.6 Å². The minimum absolute atomic E-state index is 0.149. The van der Waals surface area contributed by atoms with E-state index in [0.29, 0.717) is 21.8 Å². The number of nitrogens with one attached hydrogen (secondary N) is 1. The molecule has 4 aromatic rings. The lowest BCUT2D eigenvalue weighted by Crippen LogP contribution is -2.03. The second kappa shape index (κ2) is 8.11. The first-order chi connectivity index (χ1) is 15.9. The van der Waals surface area contributed by atoms with Gasteiger partial charge in [0.25, 0.3) is 5.91 Å². The van der Waals surface area contributed by atoms with E-state index in [9.17, 15) is 14.7 Å². The number of aromatic carboxylic acids is 1. The van der Waals surface area contributed by atoms with Gasteiger partial charge in [0.2, 0.25) is 0 Å². The number of anilines is 1. The maximum Gasteiger partial charge on any atom is 0.352 e. The number of carbonyl (C=O) groups excluding carboxylic acids is 1. The molecule has 0 unspecified atom stereocenters. The third-order valence-electron chi connectivity index (χ3n) is 5.75. The predicted octanol–water partition coefficient (Wildman–Crippen LogP) is 6.20. The van der Waals surface area contributed by atoms with Gasteiger partial charge in [-0.15, -0.1) is 0 Å². The van der Waals surface area contributed by atoms with Crippen LogP contribution >= 0.6 is 11.6 Å². The summed E-state index contributed by atoms with van der Waals surface area (Å²) >= 11 is 6.57. The number of carboxylic acid groups (broad SMARTS) is 1. The van der Waals surface area contributed by atoms with E-state index in [1.165, 1.54) is 4.57 Å². The molecule has 0 aliphatic carbocycles.